The lowest BCUT2D eigenvalue weighted by molar-refractivity contribution is 0.669. The molecule has 252 valence electrons. The first kappa shape index (κ1) is 26.6. The van der Waals surface area contributed by atoms with Gasteiger partial charge < -0.3 is 9.32 Å². The fourth-order valence-corrected chi connectivity index (χ4v) is 8.23. The van der Waals surface area contributed by atoms with Crippen molar-refractivity contribution in [3.8, 4) is 22.3 Å². The van der Waals surface area contributed by atoms with Crippen molar-refractivity contribution in [1.82, 2.24) is 0 Å². The first-order valence-corrected chi connectivity index (χ1v) is 18.2. The molecule has 54 heavy (non-hydrogen) atoms. The van der Waals surface area contributed by atoms with Crippen LogP contribution in [0.2, 0.25) is 0 Å². The van der Waals surface area contributed by atoms with Crippen molar-refractivity contribution in [2.24, 2.45) is 0 Å². The Kier molecular flexibility index (Phi) is 6.02. The van der Waals surface area contributed by atoms with Gasteiger partial charge in [-0.1, -0.05) is 152 Å². The highest BCUT2D eigenvalue weighted by Gasteiger charge is 2.19. The fourth-order valence-electron chi connectivity index (χ4n) is 8.23. The summed E-state index contributed by atoms with van der Waals surface area (Å²) in [7, 11) is 0. The van der Waals surface area contributed by atoms with E-state index in [0.717, 1.165) is 59.9 Å². The molecule has 0 N–H and O–H groups in total. The Bertz CT molecular complexity index is 3430. The molecule has 2 heteroatoms. The summed E-state index contributed by atoms with van der Waals surface area (Å²) in [6.07, 6.45) is 0. The van der Waals surface area contributed by atoms with Crippen LogP contribution in [0.25, 0.3) is 87.3 Å². The zero-order valence-corrected chi connectivity index (χ0v) is 29.1. The summed E-state index contributed by atoms with van der Waals surface area (Å²) in [5, 5.41) is 10.4. The van der Waals surface area contributed by atoms with E-state index < -0.39 is 0 Å². The standard InChI is InChI=1S/C52H33NO/c1-3-14-40-36(12-1)32-48(45-18-6-5-16-43(40)45)35-26-30-39(31-27-35)53(49-33-37-13-2-4-15-41(37)44-17-7-8-19-46(44)49)38-28-24-34(25-29-38)42-21-11-23-51-52(42)47-20-9-10-22-50(47)54-51/h1-33H/i24D,25D,28D,29D. The van der Waals surface area contributed by atoms with Crippen molar-refractivity contribution < 1.29 is 9.90 Å². The maximum absolute atomic E-state index is 9.74. The van der Waals surface area contributed by atoms with Crippen LogP contribution in [0.4, 0.5) is 17.1 Å². The van der Waals surface area contributed by atoms with Crippen LogP contribution in [-0.2, 0) is 0 Å². The average Bonchev–Trinajstić information content (AvgIpc) is 3.66. The third kappa shape index (κ3) is 4.81. The van der Waals surface area contributed by atoms with E-state index in [2.05, 4.69) is 97.1 Å². The molecule has 0 radical (unpaired) electrons. The zero-order chi connectivity index (χ0) is 39.1. The van der Waals surface area contributed by atoms with Crippen LogP contribution in [0.15, 0.2) is 205 Å². The molecule has 0 unspecified atom stereocenters. The van der Waals surface area contributed by atoms with Gasteiger partial charge in [-0.05, 0) is 108 Å². The van der Waals surface area contributed by atoms with Crippen LogP contribution >= 0.6 is 0 Å². The van der Waals surface area contributed by atoms with E-state index in [9.17, 15) is 5.48 Å². The van der Waals surface area contributed by atoms with Gasteiger partial charge in [0.1, 0.15) is 11.2 Å². The molecule has 2 nitrogen and oxygen atoms in total. The van der Waals surface area contributed by atoms with Gasteiger partial charge >= 0.3 is 0 Å². The van der Waals surface area contributed by atoms with Crippen LogP contribution in [0, 0.1) is 0 Å². The van der Waals surface area contributed by atoms with Crippen LogP contribution in [0.5, 0.6) is 0 Å². The molecule has 11 rings (SSSR count). The number of furan rings is 1. The van der Waals surface area contributed by atoms with Gasteiger partial charge in [-0.2, -0.15) is 0 Å². The lowest BCUT2D eigenvalue weighted by Gasteiger charge is -2.28. The highest BCUT2D eigenvalue weighted by molar-refractivity contribution is 6.16. The van der Waals surface area contributed by atoms with Crippen molar-refractivity contribution in [3.63, 3.8) is 0 Å². The summed E-state index contributed by atoms with van der Waals surface area (Å²) in [5.41, 5.74) is 5.95. The first-order valence-electron chi connectivity index (χ1n) is 20.2. The zero-order valence-electron chi connectivity index (χ0n) is 33.1. The van der Waals surface area contributed by atoms with Crippen LogP contribution in [0.1, 0.15) is 5.48 Å². The molecule has 0 bridgehead atoms. The molecular formula is C52H33NO. The minimum Gasteiger partial charge on any atom is -0.456 e. The summed E-state index contributed by atoms with van der Waals surface area (Å²) in [4.78, 5) is 1.91. The molecule has 1 heterocycles. The quantitative estimate of drug-likeness (QED) is 0.167. The van der Waals surface area contributed by atoms with Crippen molar-refractivity contribution in [2.45, 2.75) is 0 Å². The van der Waals surface area contributed by atoms with E-state index in [1.807, 2.05) is 83.8 Å². The number of hydrogen-bond acceptors (Lipinski definition) is 2. The minimum atomic E-state index is -0.136. The van der Waals surface area contributed by atoms with Gasteiger partial charge in [-0.3, -0.25) is 0 Å². The van der Waals surface area contributed by atoms with Crippen molar-refractivity contribution >= 4 is 82.1 Å². The molecule has 1 aromatic heterocycles. The molecule has 0 amide bonds. The largest absolute Gasteiger partial charge is 0.456 e. The number of fused-ring (bicyclic) bond motifs is 9. The van der Waals surface area contributed by atoms with E-state index in [-0.39, 0.29) is 35.4 Å². The predicted molar refractivity (Wildman–Crippen MR) is 229 cm³/mol. The van der Waals surface area contributed by atoms with Gasteiger partial charge in [0.15, 0.2) is 0 Å². The number of benzene rings is 10. The van der Waals surface area contributed by atoms with Crippen molar-refractivity contribution in [2.75, 3.05) is 4.90 Å². The van der Waals surface area contributed by atoms with E-state index in [1.54, 1.807) is 0 Å². The molecule has 0 aliphatic heterocycles. The smallest absolute Gasteiger partial charge is 0.136 e. The SMILES string of the molecule is [2H]c1c([2H])c(N(c2ccc(-c3cc4ccccc4c4ccccc34)cc2)c2cc3ccccc3c3ccccc23)c([2H])c([2H])c1-c1cccc2oc3ccccc3c12. The first-order chi connectivity index (χ1) is 28.5. The molecule has 10 aromatic carbocycles. The number of nitrogens with zero attached hydrogens (tertiary/aromatic N) is 1. The number of anilines is 3. The Labute approximate surface area is 318 Å². The van der Waals surface area contributed by atoms with Crippen molar-refractivity contribution in [1.29, 1.82) is 0 Å². The lowest BCUT2D eigenvalue weighted by atomic mass is 9.93. The summed E-state index contributed by atoms with van der Waals surface area (Å²) in [6, 6.07) is 58.7. The number of hydrogen-bond donors (Lipinski definition) is 0. The molecule has 0 atom stereocenters. The van der Waals surface area contributed by atoms with Crippen LogP contribution in [0.3, 0.4) is 0 Å². The third-order valence-electron chi connectivity index (χ3n) is 10.7. The van der Waals surface area contributed by atoms with Gasteiger partial charge in [-0.25, -0.2) is 0 Å². The Hall–Kier alpha value is -7.16. The van der Waals surface area contributed by atoms with Crippen molar-refractivity contribution in [3.05, 3.63) is 200 Å². The van der Waals surface area contributed by atoms with Gasteiger partial charge in [0.2, 0.25) is 0 Å². The second-order valence-electron chi connectivity index (χ2n) is 13.7. The average molecular weight is 692 g/mol. The molecule has 0 saturated heterocycles. The normalized spacial score (nSPS) is 12.7. The predicted octanol–water partition coefficient (Wildman–Crippen LogP) is 15.0. The summed E-state index contributed by atoms with van der Waals surface area (Å²) >= 11 is 0. The Morgan fingerprint density at radius 3 is 1.65 bits per heavy atom. The highest BCUT2D eigenvalue weighted by atomic mass is 16.3. The number of rotatable bonds is 5. The Morgan fingerprint density at radius 1 is 0.370 bits per heavy atom. The molecule has 0 aliphatic rings. The molecule has 0 fully saturated rings. The molecule has 0 aliphatic carbocycles. The lowest BCUT2D eigenvalue weighted by Crippen LogP contribution is -2.10. The third-order valence-corrected chi connectivity index (χ3v) is 10.7. The monoisotopic (exact) mass is 691 g/mol. The molecule has 11 aromatic rings. The second-order valence-corrected chi connectivity index (χ2v) is 13.7. The molecular weight excluding hydrogens is 655 g/mol. The highest BCUT2D eigenvalue weighted by Crippen LogP contribution is 2.44. The second kappa shape index (κ2) is 12.2. The van der Waals surface area contributed by atoms with E-state index in [1.165, 1.54) is 10.8 Å². The maximum Gasteiger partial charge on any atom is 0.136 e. The fraction of sp³-hybridized carbons (Fsp3) is 0. The van der Waals surface area contributed by atoms with Crippen LogP contribution < -0.4 is 4.90 Å². The van der Waals surface area contributed by atoms with Gasteiger partial charge in [0, 0.05) is 27.5 Å². The topological polar surface area (TPSA) is 16.4 Å². The van der Waals surface area contributed by atoms with Gasteiger partial charge in [0.05, 0.1) is 11.2 Å². The van der Waals surface area contributed by atoms with Crippen LogP contribution in [-0.4, -0.2) is 0 Å². The maximum atomic E-state index is 9.74. The van der Waals surface area contributed by atoms with E-state index >= 15 is 0 Å². The Balaban J connectivity index is 1.16. The minimum absolute atomic E-state index is 0.122. The molecule has 0 saturated carbocycles. The van der Waals surface area contributed by atoms with E-state index in [0.29, 0.717) is 22.4 Å². The van der Waals surface area contributed by atoms with Gasteiger partial charge in [-0.15, -0.1) is 0 Å². The number of para-hydroxylation sites is 1. The summed E-state index contributed by atoms with van der Waals surface area (Å²) in [5.74, 6) is 0. The van der Waals surface area contributed by atoms with E-state index in [4.69, 9.17) is 4.42 Å². The van der Waals surface area contributed by atoms with Gasteiger partial charge in [0.25, 0.3) is 0 Å². The Morgan fingerprint density at radius 2 is 0.926 bits per heavy atom. The molecule has 0 spiro atoms. The summed E-state index contributed by atoms with van der Waals surface area (Å²) < 4.78 is 44.9. The summed E-state index contributed by atoms with van der Waals surface area (Å²) in [6.45, 7) is 0.